The van der Waals surface area contributed by atoms with Crippen molar-refractivity contribution in [3.63, 3.8) is 0 Å². The lowest BCUT2D eigenvalue weighted by molar-refractivity contribution is 0.139. The van der Waals surface area contributed by atoms with Gasteiger partial charge in [-0.25, -0.2) is 0 Å². The summed E-state index contributed by atoms with van der Waals surface area (Å²) in [5, 5.41) is 20.6. The van der Waals surface area contributed by atoms with E-state index in [0.29, 0.717) is 11.8 Å². The van der Waals surface area contributed by atoms with Crippen LogP contribution >= 0.6 is 0 Å². The van der Waals surface area contributed by atoms with Gasteiger partial charge in [0.1, 0.15) is 0 Å². The largest absolute Gasteiger partial charge is 0.392 e. The number of fused-ring (bicyclic) bond motifs is 1. The van der Waals surface area contributed by atoms with Crippen molar-refractivity contribution in [2.24, 2.45) is 17.8 Å². The Kier molecular flexibility index (Phi) is 9.38. The quantitative estimate of drug-likeness (QED) is 0.395. The van der Waals surface area contributed by atoms with Crippen LogP contribution in [0.4, 0.5) is 0 Å². The zero-order valence-corrected chi connectivity index (χ0v) is 17.2. The molecule has 0 saturated heterocycles. The Morgan fingerprint density at radius 1 is 1.19 bits per heavy atom. The van der Waals surface area contributed by atoms with E-state index in [9.17, 15) is 10.2 Å². The summed E-state index contributed by atoms with van der Waals surface area (Å²) in [6.45, 7) is 3.37. The topological polar surface area (TPSA) is 43.7 Å². The Hall–Kier alpha value is -0.640. The lowest BCUT2D eigenvalue weighted by Gasteiger charge is -2.19. The summed E-state index contributed by atoms with van der Waals surface area (Å²) in [4.78, 5) is 2.26. The van der Waals surface area contributed by atoms with E-state index < -0.39 is 0 Å². The van der Waals surface area contributed by atoms with Crippen molar-refractivity contribution in [2.75, 3.05) is 20.6 Å². The molecule has 0 bridgehead atoms. The van der Waals surface area contributed by atoms with Gasteiger partial charge in [0.05, 0.1) is 12.2 Å². The fourth-order valence-corrected chi connectivity index (χ4v) is 4.70. The molecule has 0 aromatic rings. The SMILES string of the molecule is CCCCC[C@H](O)C=C[C@@H]1[C@H]2CC(CCCCCN(C)C)=C[C@H]2C[C@@H]1O. The smallest absolute Gasteiger partial charge is 0.0721 e. The van der Waals surface area contributed by atoms with Crippen LogP contribution in [-0.4, -0.2) is 48.0 Å². The average Bonchev–Trinajstić information content (AvgIpc) is 3.09. The van der Waals surface area contributed by atoms with Crippen LogP contribution in [0.3, 0.4) is 0 Å². The van der Waals surface area contributed by atoms with E-state index in [0.717, 1.165) is 25.7 Å². The number of allylic oxidation sites excluding steroid dienone is 2. The summed E-state index contributed by atoms with van der Waals surface area (Å²) in [7, 11) is 4.28. The van der Waals surface area contributed by atoms with Crippen molar-refractivity contribution in [3.05, 3.63) is 23.8 Å². The van der Waals surface area contributed by atoms with Gasteiger partial charge < -0.3 is 15.1 Å². The first kappa shape index (κ1) is 21.7. The van der Waals surface area contributed by atoms with Gasteiger partial charge in [-0.1, -0.05) is 56.4 Å². The molecule has 5 atom stereocenters. The van der Waals surface area contributed by atoms with Crippen LogP contribution < -0.4 is 0 Å². The van der Waals surface area contributed by atoms with Crippen molar-refractivity contribution in [1.82, 2.24) is 4.90 Å². The molecule has 0 aromatic carbocycles. The number of aliphatic hydroxyl groups is 2. The molecule has 0 amide bonds. The zero-order chi connectivity index (χ0) is 18.9. The molecule has 0 aliphatic heterocycles. The number of unbranched alkanes of at least 4 members (excludes halogenated alkanes) is 4. The van der Waals surface area contributed by atoms with E-state index >= 15 is 0 Å². The second-order valence-electron chi connectivity index (χ2n) is 8.80. The Bertz CT molecular complexity index is 457. The summed E-state index contributed by atoms with van der Waals surface area (Å²) >= 11 is 0. The molecule has 0 aromatic heterocycles. The number of rotatable bonds is 12. The Labute approximate surface area is 161 Å². The molecule has 0 unspecified atom stereocenters. The van der Waals surface area contributed by atoms with Gasteiger partial charge in [-0.05, 0) is 71.0 Å². The predicted molar refractivity (Wildman–Crippen MR) is 110 cm³/mol. The highest BCUT2D eigenvalue weighted by Gasteiger charge is 2.43. The maximum atomic E-state index is 10.4. The molecule has 1 fully saturated rings. The van der Waals surface area contributed by atoms with Crippen molar-refractivity contribution in [3.8, 4) is 0 Å². The predicted octanol–water partition coefficient (Wildman–Crippen LogP) is 4.55. The van der Waals surface area contributed by atoms with Crippen LogP contribution in [-0.2, 0) is 0 Å². The average molecular weight is 364 g/mol. The fraction of sp³-hybridized carbons (Fsp3) is 0.826. The monoisotopic (exact) mass is 363 g/mol. The number of hydrogen-bond acceptors (Lipinski definition) is 3. The van der Waals surface area contributed by atoms with E-state index in [-0.39, 0.29) is 18.1 Å². The third-order valence-corrected chi connectivity index (χ3v) is 6.21. The molecule has 2 N–H and O–H groups in total. The lowest BCUT2D eigenvalue weighted by atomic mass is 9.88. The van der Waals surface area contributed by atoms with E-state index in [4.69, 9.17) is 0 Å². The maximum absolute atomic E-state index is 10.4. The van der Waals surface area contributed by atoms with Crippen molar-refractivity contribution in [1.29, 1.82) is 0 Å². The van der Waals surface area contributed by atoms with Gasteiger partial charge >= 0.3 is 0 Å². The zero-order valence-electron chi connectivity index (χ0n) is 17.2. The number of hydrogen-bond donors (Lipinski definition) is 2. The molecule has 3 nitrogen and oxygen atoms in total. The molecule has 2 aliphatic carbocycles. The molecule has 0 heterocycles. The summed E-state index contributed by atoms with van der Waals surface area (Å²) in [5.41, 5.74) is 1.61. The normalized spacial score (nSPS) is 29.5. The summed E-state index contributed by atoms with van der Waals surface area (Å²) in [6, 6.07) is 0. The molecular formula is C23H41NO2. The molecule has 1 saturated carbocycles. The number of nitrogens with zero attached hydrogens (tertiary/aromatic N) is 1. The highest BCUT2D eigenvalue weighted by molar-refractivity contribution is 5.20. The fourth-order valence-electron chi connectivity index (χ4n) is 4.70. The van der Waals surface area contributed by atoms with E-state index in [1.165, 1.54) is 45.1 Å². The van der Waals surface area contributed by atoms with Crippen LogP contribution in [0.25, 0.3) is 0 Å². The summed E-state index contributed by atoms with van der Waals surface area (Å²) in [5.74, 6) is 1.33. The van der Waals surface area contributed by atoms with Crippen LogP contribution in [0.1, 0.15) is 71.1 Å². The summed E-state index contributed by atoms with van der Waals surface area (Å²) < 4.78 is 0. The standard InChI is InChI=1S/C23H41NO2/c1-4-5-7-11-20(25)12-13-21-22-16-18(15-19(22)17-23(21)26)10-8-6-9-14-24(2)3/h12-13,15,19-23,25-26H,4-11,14,16-17H2,1-3H3/t19-,20-,21+,22-,23-/m0/s1. The second kappa shape index (κ2) is 11.3. The Morgan fingerprint density at radius 2 is 2.00 bits per heavy atom. The minimum Gasteiger partial charge on any atom is -0.392 e. The molecular weight excluding hydrogens is 322 g/mol. The molecule has 2 rings (SSSR count). The van der Waals surface area contributed by atoms with Crippen LogP contribution in [0, 0.1) is 17.8 Å². The van der Waals surface area contributed by atoms with Crippen LogP contribution in [0.15, 0.2) is 23.8 Å². The van der Waals surface area contributed by atoms with Gasteiger partial charge in [0.25, 0.3) is 0 Å². The van der Waals surface area contributed by atoms with Gasteiger partial charge in [0.2, 0.25) is 0 Å². The Morgan fingerprint density at radius 3 is 2.73 bits per heavy atom. The van der Waals surface area contributed by atoms with Gasteiger partial charge in [0.15, 0.2) is 0 Å². The molecule has 150 valence electrons. The van der Waals surface area contributed by atoms with Gasteiger partial charge in [-0.3, -0.25) is 0 Å². The van der Waals surface area contributed by atoms with E-state index in [2.05, 4.69) is 38.1 Å². The summed E-state index contributed by atoms with van der Waals surface area (Å²) in [6.07, 6.45) is 17.4. The Balaban J connectivity index is 1.74. The van der Waals surface area contributed by atoms with Gasteiger partial charge in [-0.15, -0.1) is 0 Å². The van der Waals surface area contributed by atoms with Crippen molar-refractivity contribution < 1.29 is 10.2 Å². The first-order valence-corrected chi connectivity index (χ1v) is 10.9. The van der Waals surface area contributed by atoms with E-state index in [1.54, 1.807) is 5.57 Å². The van der Waals surface area contributed by atoms with Crippen LogP contribution in [0.2, 0.25) is 0 Å². The molecule has 0 spiro atoms. The van der Waals surface area contributed by atoms with E-state index in [1.807, 2.05) is 6.08 Å². The van der Waals surface area contributed by atoms with Crippen molar-refractivity contribution in [2.45, 2.75) is 83.3 Å². The van der Waals surface area contributed by atoms with Gasteiger partial charge in [-0.2, -0.15) is 0 Å². The van der Waals surface area contributed by atoms with Crippen LogP contribution in [0.5, 0.6) is 0 Å². The first-order chi connectivity index (χ1) is 12.5. The first-order valence-electron chi connectivity index (χ1n) is 10.9. The highest BCUT2D eigenvalue weighted by atomic mass is 16.3. The minimum atomic E-state index is -0.349. The van der Waals surface area contributed by atoms with Gasteiger partial charge in [0, 0.05) is 5.92 Å². The molecule has 0 radical (unpaired) electrons. The molecule has 3 heteroatoms. The second-order valence-corrected chi connectivity index (χ2v) is 8.80. The highest BCUT2D eigenvalue weighted by Crippen LogP contribution is 2.48. The molecule has 2 aliphatic rings. The third kappa shape index (κ3) is 6.83. The minimum absolute atomic E-state index is 0.225. The number of aliphatic hydroxyl groups excluding tert-OH is 2. The van der Waals surface area contributed by atoms with Crippen molar-refractivity contribution >= 4 is 0 Å². The molecule has 26 heavy (non-hydrogen) atoms. The third-order valence-electron chi connectivity index (χ3n) is 6.21. The maximum Gasteiger partial charge on any atom is 0.0721 e. The lowest BCUT2D eigenvalue weighted by Crippen LogP contribution is -2.18.